The van der Waals surface area contributed by atoms with Gasteiger partial charge in [-0.1, -0.05) is 41.9 Å². The van der Waals surface area contributed by atoms with Crippen LogP contribution < -0.4 is 15.8 Å². The van der Waals surface area contributed by atoms with E-state index in [1.165, 1.54) is 6.07 Å². The smallest absolute Gasteiger partial charge is 0.387 e. The highest BCUT2D eigenvalue weighted by Gasteiger charge is 2.17. The van der Waals surface area contributed by atoms with Gasteiger partial charge in [0.25, 0.3) is 0 Å². The first-order chi connectivity index (χ1) is 10.1. The monoisotopic (exact) mass is 312 g/mol. The lowest BCUT2D eigenvalue weighted by molar-refractivity contribution is -0.0505. The molecule has 0 bridgehead atoms. The minimum atomic E-state index is -2.88. The molecule has 0 aromatic heterocycles. The van der Waals surface area contributed by atoms with Gasteiger partial charge in [-0.05, 0) is 18.2 Å². The molecule has 112 valence electrons. The summed E-state index contributed by atoms with van der Waals surface area (Å²) < 4.78 is 29.5. The number of nitrogens with two attached hydrogens (primary N) is 1. The zero-order chi connectivity index (χ0) is 15.2. The summed E-state index contributed by atoms with van der Waals surface area (Å²) in [7, 11) is 0. The van der Waals surface area contributed by atoms with Crippen molar-refractivity contribution >= 4 is 17.3 Å². The normalized spacial score (nSPS) is 12.2. The van der Waals surface area contributed by atoms with Crippen LogP contribution in [0.3, 0.4) is 0 Å². The number of halogens is 3. The molecule has 3 N–H and O–H groups in total. The Morgan fingerprint density at radius 3 is 2.43 bits per heavy atom. The maximum absolute atomic E-state index is 12.5. The number of hydrogen-bond donors (Lipinski definition) is 2. The van der Waals surface area contributed by atoms with Crippen LogP contribution in [0.15, 0.2) is 48.5 Å². The Bertz CT molecular complexity index is 595. The Hall–Kier alpha value is -1.85. The van der Waals surface area contributed by atoms with E-state index in [9.17, 15) is 8.78 Å². The molecule has 0 saturated heterocycles. The SMILES string of the molecule is NCC(Nc1ccccc1Cl)c1ccccc1OC(F)F. The van der Waals surface area contributed by atoms with Crippen LogP contribution in [-0.4, -0.2) is 13.2 Å². The summed E-state index contributed by atoms with van der Waals surface area (Å²) in [5.41, 5.74) is 6.99. The predicted octanol–water partition coefficient (Wildman–Crippen LogP) is 4.05. The number of para-hydroxylation sites is 2. The molecule has 0 fully saturated rings. The van der Waals surface area contributed by atoms with Gasteiger partial charge in [-0.3, -0.25) is 0 Å². The molecule has 2 aromatic rings. The summed E-state index contributed by atoms with van der Waals surface area (Å²) in [6.45, 7) is -2.68. The summed E-state index contributed by atoms with van der Waals surface area (Å²) in [6.07, 6.45) is 0. The van der Waals surface area contributed by atoms with E-state index >= 15 is 0 Å². The summed E-state index contributed by atoms with van der Waals surface area (Å²) in [6, 6.07) is 13.3. The first kappa shape index (κ1) is 15.5. The molecule has 0 spiro atoms. The standard InChI is InChI=1S/C15H15ClF2N2O/c16-11-6-2-3-7-12(11)20-13(9-19)10-5-1-4-8-14(10)21-15(17)18/h1-8,13,15,20H,9,19H2. The quantitative estimate of drug-likeness (QED) is 0.846. The lowest BCUT2D eigenvalue weighted by Crippen LogP contribution is -2.22. The average molecular weight is 313 g/mol. The summed E-state index contributed by atoms with van der Waals surface area (Å²) in [4.78, 5) is 0. The second-order valence-electron chi connectivity index (χ2n) is 4.33. The van der Waals surface area contributed by atoms with Crippen molar-refractivity contribution in [1.82, 2.24) is 0 Å². The molecule has 21 heavy (non-hydrogen) atoms. The molecule has 2 rings (SSSR count). The topological polar surface area (TPSA) is 47.3 Å². The van der Waals surface area contributed by atoms with Crippen LogP contribution in [0.1, 0.15) is 11.6 Å². The fourth-order valence-electron chi connectivity index (χ4n) is 2.00. The molecule has 0 aliphatic carbocycles. The third-order valence-electron chi connectivity index (χ3n) is 2.95. The van der Waals surface area contributed by atoms with Crippen molar-refractivity contribution in [2.24, 2.45) is 5.73 Å². The molecule has 0 radical (unpaired) electrons. The first-order valence-electron chi connectivity index (χ1n) is 6.36. The lowest BCUT2D eigenvalue weighted by atomic mass is 10.1. The largest absolute Gasteiger partial charge is 0.434 e. The van der Waals surface area contributed by atoms with E-state index in [1.54, 1.807) is 36.4 Å². The van der Waals surface area contributed by atoms with E-state index in [-0.39, 0.29) is 18.3 Å². The zero-order valence-electron chi connectivity index (χ0n) is 11.1. The second-order valence-corrected chi connectivity index (χ2v) is 4.74. The average Bonchev–Trinajstić information content (AvgIpc) is 2.47. The Balaban J connectivity index is 2.27. The summed E-state index contributed by atoms with van der Waals surface area (Å²) in [5, 5.41) is 3.68. The van der Waals surface area contributed by atoms with Crippen LogP contribution in [-0.2, 0) is 0 Å². The van der Waals surface area contributed by atoms with E-state index in [2.05, 4.69) is 10.1 Å². The minimum Gasteiger partial charge on any atom is -0.434 e. The van der Waals surface area contributed by atoms with Crippen LogP contribution in [0.25, 0.3) is 0 Å². The van der Waals surface area contributed by atoms with Gasteiger partial charge in [0.15, 0.2) is 0 Å². The van der Waals surface area contributed by atoms with Crippen LogP contribution in [0, 0.1) is 0 Å². The summed E-state index contributed by atoms with van der Waals surface area (Å²) in [5.74, 6) is 0.0995. The maximum Gasteiger partial charge on any atom is 0.387 e. The molecular weight excluding hydrogens is 298 g/mol. The number of rotatable bonds is 6. The van der Waals surface area contributed by atoms with Gasteiger partial charge < -0.3 is 15.8 Å². The van der Waals surface area contributed by atoms with Crippen molar-refractivity contribution in [3.8, 4) is 5.75 Å². The predicted molar refractivity (Wildman–Crippen MR) is 79.9 cm³/mol. The van der Waals surface area contributed by atoms with Crippen molar-refractivity contribution in [3.63, 3.8) is 0 Å². The van der Waals surface area contributed by atoms with Gasteiger partial charge in [0, 0.05) is 12.1 Å². The molecule has 0 saturated carbocycles. The Morgan fingerprint density at radius 2 is 1.76 bits per heavy atom. The van der Waals surface area contributed by atoms with Crippen molar-refractivity contribution < 1.29 is 13.5 Å². The Kier molecular flexibility index (Phi) is 5.36. The van der Waals surface area contributed by atoms with E-state index < -0.39 is 6.61 Å². The van der Waals surface area contributed by atoms with Crippen LogP contribution in [0.5, 0.6) is 5.75 Å². The third kappa shape index (κ3) is 4.06. The van der Waals surface area contributed by atoms with Crippen molar-refractivity contribution in [2.75, 3.05) is 11.9 Å². The molecule has 0 aliphatic heterocycles. The van der Waals surface area contributed by atoms with E-state index in [0.29, 0.717) is 16.3 Å². The third-order valence-corrected chi connectivity index (χ3v) is 3.28. The fourth-order valence-corrected chi connectivity index (χ4v) is 2.19. The number of alkyl halides is 2. The number of hydrogen-bond acceptors (Lipinski definition) is 3. The summed E-state index contributed by atoms with van der Waals surface area (Å²) >= 11 is 6.08. The van der Waals surface area contributed by atoms with Gasteiger partial charge in [-0.2, -0.15) is 8.78 Å². The minimum absolute atomic E-state index is 0.0995. The molecule has 1 unspecified atom stereocenters. The zero-order valence-corrected chi connectivity index (χ0v) is 11.9. The first-order valence-corrected chi connectivity index (χ1v) is 6.74. The van der Waals surface area contributed by atoms with Gasteiger partial charge in [0.1, 0.15) is 5.75 Å². The lowest BCUT2D eigenvalue weighted by Gasteiger charge is -2.22. The number of nitrogens with one attached hydrogen (secondary N) is 1. The Morgan fingerprint density at radius 1 is 1.10 bits per heavy atom. The molecule has 0 aliphatic rings. The molecule has 3 nitrogen and oxygen atoms in total. The van der Waals surface area contributed by atoms with E-state index in [4.69, 9.17) is 17.3 Å². The molecule has 1 atom stereocenters. The highest BCUT2D eigenvalue weighted by Crippen LogP contribution is 2.30. The number of ether oxygens (including phenoxy) is 1. The van der Waals surface area contributed by atoms with Gasteiger partial charge in [0.2, 0.25) is 0 Å². The fraction of sp³-hybridized carbons (Fsp3) is 0.200. The van der Waals surface area contributed by atoms with E-state index in [0.717, 1.165) is 0 Å². The van der Waals surface area contributed by atoms with Crippen LogP contribution in [0.4, 0.5) is 14.5 Å². The number of anilines is 1. The Labute approximate surface area is 126 Å². The van der Waals surface area contributed by atoms with Crippen molar-refractivity contribution in [3.05, 3.63) is 59.1 Å². The van der Waals surface area contributed by atoms with Gasteiger partial charge in [0.05, 0.1) is 16.8 Å². The molecule has 6 heteroatoms. The number of benzene rings is 2. The molecule has 0 amide bonds. The van der Waals surface area contributed by atoms with Gasteiger partial charge in [-0.15, -0.1) is 0 Å². The van der Waals surface area contributed by atoms with E-state index in [1.807, 2.05) is 6.07 Å². The maximum atomic E-state index is 12.5. The van der Waals surface area contributed by atoms with Crippen LogP contribution in [0.2, 0.25) is 5.02 Å². The van der Waals surface area contributed by atoms with Gasteiger partial charge in [-0.25, -0.2) is 0 Å². The molecule has 0 heterocycles. The van der Waals surface area contributed by atoms with Crippen molar-refractivity contribution in [1.29, 1.82) is 0 Å². The highest BCUT2D eigenvalue weighted by atomic mass is 35.5. The van der Waals surface area contributed by atoms with Crippen molar-refractivity contribution in [2.45, 2.75) is 12.7 Å². The highest BCUT2D eigenvalue weighted by molar-refractivity contribution is 6.33. The molecular formula is C15H15ClF2N2O. The second kappa shape index (κ2) is 7.24. The van der Waals surface area contributed by atoms with Gasteiger partial charge >= 0.3 is 6.61 Å². The molecule has 2 aromatic carbocycles. The van der Waals surface area contributed by atoms with Crippen LogP contribution >= 0.6 is 11.6 Å².